The quantitative estimate of drug-likeness (QED) is 0.724. The second-order valence-corrected chi connectivity index (χ2v) is 5.43. The van der Waals surface area contributed by atoms with Gasteiger partial charge in [-0.05, 0) is 38.0 Å². The second-order valence-electron chi connectivity index (χ2n) is 5.43. The first-order valence-electron chi connectivity index (χ1n) is 6.26. The van der Waals surface area contributed by atoms with Crippen LogP contribution in [-0.4, -0.2) is 28.4 Å². The molecule has 1 saturated carbocycles. The van der Waals surface area contributed by atoms with Gasteiger partial charge in [0.15, 0.2) is 0 Å². The van der Waals surface area contributed by atoms with Gasteiger partial charge in [-0.3, -0.25) is 0 Å². The van der Waals surface area contributed by atoms with Crippen LogP contribution in [0.5, 0.6) is 0 Å². The lowest BCUT2D eigenvalue weighted by molar-refractivity contribution is -0.141. The number of carbonyl (C=O) groups is 1. The second kappa shape index (κ2) is 4.33. The Kier molecular flexibility index (Phi) is 3.17. The predicted molar refractivity (Wildman–Crippen MR) is 62.4 cm³/mol. The number of esters is 1. The molecule has 17 heavy (non-hydrogen) atoms. The van der Waals surface area contributed by atoms with E-state index >= 15 is 0 Å². The summed E-state index contributed by atoms with van der Waals surface area (Å²) in [5, 5.41) is 20.3. The summed E-state index contributed by atoms with van der Waals surface area (Å²) in [5.74, 6) is -0.0897. The van der Waals surface area contributed by atoms with Crippen LogP contribution in [0.1, 0.15) is 39.5 Å². The maximum absolute atomic E-state index is 11.8. The first kappa shape index (κ1) is 12.4. The van der Waals surface area contributed by atoms with Gasteiger partial charge >= 0.3 is 5.97 Å². The highest BCUT2D eigenvalue weighted by atomic mass is 16.5. The van der Waals surface area contributed by atoms with E-state index in [-0.39, 0.29) is 18.1 Å². The molecule has 4 nitrogen and oxygen atoms in total. The maximum Gasteiger partial charge on any atom is 0.337 e. The van der Waals surface area contributed by atoms with Crippen LogP contribution in [0, 0.1) is 11.8 Å². The summed E-state index contributed by atoms with van der Waals surface area (Å²) in [5.41, 5.74) is -0.439. The summed E-state index contributed by atoms with van der Waals surface area (Å²) in [6.07, 6.45) is 2.28. The smallest absolute Gasteiger partial charge is 0.337 e. The number of carbonyl (C=O) groups excluding carboxylic acids is 1. The molecular weight excluding hydrogens is 220 g/mol. The van der Waals surface area contributed by atoms with Gasteiger partial charge in [0.05, 0.1) is 17.8 Å². The van der Waals surface area contributed by atoms with E-state index in [1.807, 2.05) is 0 Å². The number of aliphatic hydroxyl groups is 2. The van der Waals surface area contributed by atoms with E-state index in [4.69, 9.17) is 4.74 Å². The van der Waals surface area contributed by atoms with E-state index < -0.39 is 11.6 Å². The van der Waals surface area contributed by atoms with Gasteiger partial charge in [-0.2, -0.15) is 0 Å². The molecule has 2 rings (SSSR count). The number of hydrogen-bond donors (Lipinski definition) is 2. The summed E-state index contributed by atoms with van der Waals surface area (Å²) in [7, 11) is 0. The van der Waals surface area contributed by atoms with Gasteiger partial charge in [-0.25, -0.2) is 4.79 Å². The lowest BCUT2D eigenvalue weighted by Gasteiger charge is -2.44. The molecule has 2 aliphatic carbocycles. The largest absolute Gasteiger partial charge is 0.512 e. The van der Waals surface area contributed by atoms with Crippen LogP contribution in [0.3, 0.4) is 0 Å². The summed E-state index contributed by atoms with van der Waals surface area (Å²) in [6.45, 7) is 4.13. The van der Waals surface area contributed by atoms with E-state index in [9.17, 15) is 15.0 Å². The lowest BCUT2D eigenvalue weighted by atomic mass is 9.65. The highest BCUT2D eigenvalue weighted by Gasteiger charge is 2.46. The summed E-state index contributed by atoms with van der Waals surface area (Å²) >= 11 is 0. The number of ether oxygens (including phenoxy) is 1. The van der Waals surface area contributed by atoms with Crippen LogP contribution < -0.4 is 0 Å². The third kappa shape index (κ3) is 2.32. The normalized spacial score (nSPS) is 36.9. The molecule has 0 spiro atoms. The first-order valence-corrected chi connectivity index (χ1v) is 6.26. The topological polar surface area (TPSA) is 66.8 Å². The van der Waals surface area contributed by atoms with Gasteiger partial charge in [0.1, 0.15) is 5.76 Å². The van der Waals surface area contributed by atoms with Crippen molar-refractivity contribution in [3.05, 3.63) is 11.3 Å². The Labute approximate surface area is 101 Å². The van der Waals surface area contributed by atoms with Crippen molar-refractivity contribution >= 4 is 5.97 Å². The van der Waals surface area contributed by atoms with Crippen molar-refractivity contribution in [2.45, 2.75) is 45.1 Å². The molecule has 0 aromatic heterocycles. The lowest BCUT2D eigenvalue weighted by Crippen LogP contribution is -2.44. The Balaban J connectivity index is 2.28. The van der Waals surface area contributed by atoms with E-state index in [1.165, 1.54) is 0 Å². The van der Waals surface area contributed by atoms with Crippen molar-refractivity contribution in [3.63, 3.8) is 0 Å². The van der Waals surface area contributed by atoms with E-state index in [0.29, 0.717) is 30.9 Å². The van der Waals surface area contributed by atoms with Gasteiger partial charge < -0.3 is 14.9 Å². The van der Waals surface area contributed by atoms with Crippen LogP contribution in [-0.2, 0) is 9.53 Å². The molecule has 4 heteroatoms. The average molecular weight is 240 g/mol. The standard InChI is InChI=1S/C13H20O4/c1-3-17-12(15)11-9-4-8(2)5-13(16,6-9)7-10(11)14/h8-9,14,16H,3-7H2,1-2H3. The predicted octanol–water partition coefficient (Wildman–Crippen LogP) is 1.93. The van der Waals surface area contributed by atoms with Crippen LogP contribution in [0.2, 0.25) is 0 Å². The zero-order chi connectivity index (χ0) is 12.6. The fraction of sp³-hybridized carbons (Fsp3) is 0.769. The Hall–Kier alpha value is -1.03. The third-order valence-corrected chi connectivity index (χ3v) is 3.75. The highest BCUT2D eigenvalue weighted by Crippen LogP contribution is 2.47. The number of fused-ring (bicyclic) bond motifs is 2. The van der Waals surface area contributed by atoms with Crippen LogP contribution >= 0.6 is 0 Å². The Bertz CT molecular complexity index is 360. The van der Waals surface area contributed by atoms with Gasteiger partial charge in [0, 0.05) is 6.42 Å². The minimum Gasteiger partial charge on any atom is -0.512 e. The number of aliphatic hydroxyl groups excluding tert-OH is 1. The third-order valence-electron chi connectivity index (χ3n) is 3.75. The van der Waals surface area contributed by atoms with Crippen LogP contribution in [0.25, 0.3) is 0 Å². The first-order chi connectivity index (χ1) is 7.95. The van der Waals surface area contributed by atoms with E-state index in [0.717, 1.165) is 6.42 Å². The fourth-order valence-electron chi connectivity index (χ4n) is 3.34. The van der Waals surface area contributed by atoms with E-state index in [2.05, 4.69) is 6.92 Å². The average Bonchev–Trinajstić information content (AvgIpc) is 2.13. The molecule has 2 N–H and O–H groups in total. The van der Waals surface area contributed by atoms with Crippen LogP contribution in [0.15, 0.2) is 11.3 Å². The van der Waals surface area contributed by atoms with Crippen molar-refractivity contribution in [2.75, 3.05) is 6.61 Å². The van der Waals surface area contributed by atoms with Crippen molar-refractivity contribution < 1.29 is 19.7 Å². The number of rotatable bonds is 2. The zero-order valence-electron chi connectivity index (χ0n) is 10.4. The van der Waals surface area contributed by atoms with Crippen molar-refractivity contribution in [2.24, 2.45) is 11.8 Å². The molecule has 0 aromatic rings. The SMILES string of the molecule is CCOC(=O)C1=C(O)CC2(O)CC(C)CC1C2. The molecule has 1 fully saturated rings. The van der Waals surface area contributed by atoms with Gasteiger partial charge in [-0.15, -0.1) is 0 Å². The Morgan fingerprint density at radius 2 is 2.24 bits per heavy atom. The molecule has 3 unspecified atom stereocenters. The molecule has 0 amide bonds. The van der Waals surface area contributed by atoms with Crippen molar-refractivity contribution in [1.82, 2.24) is 0 Å². The summed E-state index contributed by atoms with van der Waals surface area (Å²) < 4.78 is 4.97. The number of hydrogen-bond acceptors (Lipinski definition) is 4. The maximum atomic E-state index is 11.8. The molecule has 3 atom stereocenters. The molecule has 0 aliphatic heterocycles. The molecule has 96 valence electrons. The van der Waals surface area contributed by atoms with Crippen molar-refractivity contribution in [1.29, 1.82) is 0 Å². The Morgan fingerprint density at radius 3 is 2.88 bits per heavy atom. The molecule has 0 radical (unpaired) electrons. The van der Waals surface area contributed by atoms with Gasteiger partial charge in [-0.1, -0.05) is 6.92 Å². The summed E-state index contributed by atoms with van der Waals surface area (Å²) in [6, 6.07) is 0. The highest BCUT2D eigenvalue weighted by molar-refractivity contribution is 5.90. The fourth-order valence-corrected chi connectivity index (χ4v) is 3.34. The Morgan fingerprint density at radius 1 is 1.53 bits per heavy atom. The molecule has 0 saturated heterocycles. The molecule has 0 heterocycles. The van der Waals surface area contributed by atoms with Gasteiger partial charge in [0.2, 0.25) is 0 Å². The summed E-state index contributed by atoms with van der Waals surface area (Å²) in [4.78, 5) is 11.8. The van der Waals surface area contributed by atoms with Crippen molar-refractivity contribution in [3.8, 4) is 0 Å². The van der Waals surface area contributed by atoms with E-state index in [1.54, 1.807) is 6.92 Å². The van der Waals surface area contributed by atoms with Gasteiger partial charge in [0.25, 0.3) is 0 Å². The molecule has 2 aliphatic rings. The molecule has 2 bridgehead atoms. The monoisotopic (exact) mass is 240 g/mol. The molecule has 0 aromatic carbocycles. The van der Waals surface area contributed by atoms with Crippen LogP contribution in [0.4, 0.5) is 0 Å². The zero-order valence-corrected chi connectivity index (χ0v) is 10.4. The molecular formula is C13H20O4. The minimum absolute atomic E-state index is 0.0223. The minimum atomic E-state index is -0.831.